The minimum absolute atomic E-state index is 0.145. The maximum Gasteiger partial charge on any atom is 0.490 e. The zero-order valence-corrected chi connectivity index (χ0v) is 20.9. The third-order valence-electron chi connectivity index (χ3n) is 6.37. The Balaban J connectivity index is 0.000000333. The first-order valence-electron chi connectivity index (χ1n) is 11.7. The maximum absolute atomic E-state index is 12.3. The van der Waals surface area contributed by atoms with Crippen molar-refractivity contribution in [2.24, 2.45) is 11.3 Å². The predicted molar refractivity (Wildman–Crippen MR) is 124 cm³/mol. The van der Waals surface area contributed by atoms with Crippen LogP contribution >= 0.6 is 0 Å². The van der Waals surface area contributed by atoms with E-state index in [2.05, 4.69) is 20.9 Å². The van der Waals surface area contributed by atoms with E-state index in [0.29, 0.717) is 6.54 Å². The van der Waals surface area contributed by atoms with Gasteiger partial charge in [0.25, 0.3) is 0 Å². The van der Waals surface area contributed by atoms with Crippen molar-refractivity contribution < 1.29 is 60.5 Å². The van der Waals surface area contributed by atoms with E-state index in [4.69, 9.17) is 24.2 Å². The number of carboxylic acid groups (broad SMARTS) is 3. The highest BCUT2D eigenvalue weighted by Gasteiger charge is 2.53. The first-order chi connectivity index (χ1) is 18.5. The number of aromatic nitrogens is 1. The number of furan rings is 1. The Labute approximate surface area is 223 Å². The Bertz CT molecular complexity index is 1090. The second-order valence-corrected chi connectivity index (χ2v) is 9.27. The van der Waals surface area contributed by atoms with Crippen LogP contribution < -0.4 is 0 Å². The zero-order valence-electron chi connectivity index (χ0n) is 20.9. The van der Waals surface area contributed by atoms with Gasteiger partial charge < -0.3 is 19.7 Å². The van der Waals surface area contributed by atoms with Crippen molar-refractivity contribution in [3.63, 3.8) is 0 Å². The standard InChI is InChI=1S/C20H25N3O3.2C2HF3O2/c24-19(25)20-5-2-7-22(11-17-4-8-26-14-17)12-18(20)13-23(15-20)10-16-3-1-6-21-9-16;2*3-2(4,5)1(6)7/h1,3-4,6,8-9,14,18H,2,5,7,10-13,15H2,(H,24,25);2*(H,6,7)/t18-,20-;;/m0../s1. The molecule has 2 fully saturated rings. The van der Waals surface area contributed by atoms with Crippen molar-refractivity contribution in [2.45, 2.75) is 38.3 Å². The van der Waals surface area contributed by atoms with Gasteiger partial charge in [0.1, 0.15) is 0 Å². The highest BCUT2D eigenvalue weighted by Crippen LogP contribution is 2.43. The topological polar surface area (TPSA) is 144 Å². The highest BCUT2D eigenvalue weighted by molar-refractivity contribution is 5.76. The van der Waals surface area contributed by atoms with Crippen LogP contribution in [0, 0.1) is 11.3 Å². The van der Waals surface area contributed by atoms with Gasteiger partial charge in [0.05, 0.1) is 17.9 Å². The van der Waals surface area contributed by atoms with E-state index in [0.717, 1.165) is 56.7 Å². The normalized spacial score (nSPS) is 21.6. The van der Waals surface area contributed by atoms with Crippen LogP contribution in [-0.2, 0) is 27.5 Å². The molecule has 0 aliphatic carbocycles. The Morgan fingerprint density at radius 1 is 0.950 bits per heavy atom. The fourth-order valence-corrected chi connectivity index (χ4v) is 4.62. The fraction of sp³-hybridized carbons (Fsp3) is 0.500. The molecule has 4 rings (SSSR count). The second-order valence-electron chi connectivity index (χ2n) is 9.27. The molecule has 0 spiro atoms. The van der Waals surface area contributed by atoms with E-state index in [9.17, 15) is 36.2 Å². The number of hydrogen-bond donors (Lipinski definition) is 3. The Kier molecular flexibility index (Phi) is 11.1. The number of pyridine rings is 1. The van der Waals surface area contributed by atoms with Crippen LogP contribution in [0.4, 0.5) is 26.3 Å². The molecule has 4 heterocycles. The van der Waals surface area contributed by atoms with Gasteiger partial charge in [-0.25, -0.2) is 9.59 Å². The van der Waals surface area contributed by atoms with Crippen LogP contribution in [0.15, 0.2) is 47.5 Å². The van der Waals surface area contributed by atoms with Crippen LogP contribution in [0.5, 0.6) is 0 Å². The molecular formula is C24H27F6N3O7. The van der Waals surface area contributed by atoms with E-state index >= 15 is 0 Å². The third kappa shape index (κ3) is 9.51. The number of hydrogen-bond acceptors (Lipinski definition) is 7. The fourth-order valence-electron chi connectivity index (χ4n) is 4.62. The average molecular weight is 583 g/mol. The van der Waals surface area contributed by atoms with Crippen LogP contribution in [0.1, 0.15) is 24.0 Å². The van der Waals surface area contributed by atoms with Gasteiger partial charge >= 0.3 is 30.3 Å². The predicted octanol–water partition coefficient (Wildman–Crippen LogP) is 3.74. The summed E-state index contributed by atoms with van der Waals surface area (Å²) in [5, 5.41) is 24.3. The third-order valence-corrected chi connectivity index (χ3v) is 6.37. The summed E-state index contributed by atoms with van der Waals surface area (Å²) in [5.41, 5.74) is 1.66. The van der Waals surface area contributed by atoms with Crippen molar-refractivity contribution in [1.82, 2.24) is 14.8 Å². The molecule has 0 unspecified atom stereocenters. The Morgan fingerprint density at radius 2 is 1.52 bits per heavy atom. The van der Waals surface area contributed by atoms with E-state index in [1.54, 1.807) is 18.7 Å². The first-order valence-corrected chi connectivity index (χ1v) is 11.7. The number of halogens is 6. The molecule has 222 valence electrons. The summed E-state index contributed by atoms with van der Waals surface area (Å²) in [6.45, 7) is 4.80. The molecule has 2 aromatic heterocycles. The minimum atomic E-state index is -5.08. The van der Waals surface area contributed by atoms with Gasteiger partial charge in [-0.3, -0.25) is 19.6 Å². The first kappa shape index (κ1) is 32.6. The summed E-state index contributed by atoms with van der Waals surface area (Å²) in [5.74, 6) is -6.01. The summed E-state index contributed by atoms with van der Waals surface area (Å²) >= 11 is 0. The number of fused-ring (bicyclic) bond motifs is 1. The molecule has 10 nitrogen and oxygen atoms in total. The van der Waals surface area contributed by atoms with E-state index < -0.39 is 35.7 Å². The van der Waals surface area contributed by atoms with Gasteiger partial charge in [-0.15, -0.1) is 0 Å². The van der Waals surface area contributed by atoms with E-state index in [1.807, 2.05) is 18.3 Å². The second kappa shape index (κ2) is 13.6. The number of carboxylic acids is 3. The number of likely N-dealkylation sites (tertiary alicyclic amines) is 2. The molecule has 40 heavy (non-hydrogen) atoms. The molecule has 2 aliphatic rings. The highest BCUT2D eigenvalue weighted by atomic mass is 19.4. The molecule has 2 aromatic rings. The van der Waals surface area contributed by atoms with Crippen LogP contribution in [-0.4, -0.2) is 86.5 Å². The average Bonchev–Trinajstić information content (AvgIpc) is 3.44. The Morgan fingerprint density at radius 3 is 2.00 bits per heavy atom. The summed E-state index contributed by atoms with van der Waals surface area (Å²) in [6.07, 6.45) is -1.39. The molecule has 3 N–H and O–H groups in total. The zero-order chi connectivity index (χ0) is 30.1. The minimum Gasteiger partial charge on any atom is -0.481 e. The number of aliphatic carboxylic acids is 3. The molecule has 0 amide bonds. The largest absolute Gasteiger partial charge is 0.490 e. The summed E-state index contributed by atoms with van der Waals surface area (Å²) in [7, 11) is 0. The Hall–Kier alpha value is -3.66. The number of nitrogens with zero attached hydrogens (tertiary/aromatic N) is 3. The van der Waals surface area contributed by atoms with Gasteiger partial charge in [0.15, 0.2) is 0 Å². The number of alkyl halides is 6. The molecule has 0 saturated carbocycles. The molecule has 2 atom stereocenters. The summed E-state index contributed by atoms with van der Waals surface area (Å²) < 4.78 is 68.7. The molecule has 0 radical (unpaired) electrons. The SMILES string of the molecule is O=C(O)C(F)(F)F.O=C(O)C(F)(F)F.O=C(O)[C@]12CCCN(Cc3ccoc3)C[C@H]1CN(Cc1cccnc1)C2. The quantitative estimate of drug-likeness (QED) is 0.445. The molecule has 2 saturated heterocycles. The van der Waals surface area contributed by atoms with Crippen molar-refractivity contribution >= 4 is 17.9 Å². The summed E-state index contributed by atoms with van der Waals surface area (Å²) in [6, 6.07) is 5.97. The lowest BCUT2D eigenvalue weighted by molar-refractivity contribution is -0.193. The molecule has 16 heteroatoms. The number of rotatable bonds is 5. The molecular weight excluding hydrogens is 556 g/mol. The van der Waals surface area contributed by atoms with Gasteiger partial charge in [-0.05, 0) is 37.1 Å². The molecule has 0 bridgehead atoms. The smallest absolute Gasteiger partial charge is 0.481 e. The van der Waals surface area contributed by atoms with Crippen molar-refractivity contribution in [2.75, 3.05) is 26.2 Å². The van der Waals surface area contributed by atoms with Gasteiger partial charge in [0.2, 0.25) is 0 Å². The van der Waals surface area contributed by atoms with Gasteiger partial charge in [-0.1, -0.05) is 6.07 Å². The van der Waals surface area contributed by atoms with Crippen molar-refractivity contribution in [1.29, 1.82) is 0 Å². The summed E-state index contributed by atoms with van der Waals surface area (Å²) in [4.78, 5) is 38.9. The van der Waals surface area contributed by atoms with Gasteiger partial charge in [0, 0.05) is 56.6 Å². The molecule has 2 aliphatic heterocycles. The van der Waals surface area contributed by atoms with Crippen LogP contribution in [0.2, 0.25) is 0 Å². The van der Waals surface area contributed by atoms with E-state index in [1.165, 1.54) is 0 Å². The lowest BCUT2D eigenvalue weighted by Crippen LogP contribution is -2.41. The lowest BCUT2D eigenvalue weighted by atomic mass is 9.75. The molecule has 0 aromatic carbocycles. The van der Waals surface area contributed by atoms with Gasteiger partial charge in [-0.2, -0.15) is 26.3 Å². The monoisotopic (exact) mass is 583 g/mol. The van der Waals surface area contributed by atoms with Crippen molar-refractivity contribution in [3.05, 3.63) is 54.2 Å². The lowest BCUT2D eigenvalue weighted by Gasteiger charge is -2.29. The van der Waals surface area contributed by atoms with E-state index in [-0.39, 0.29) is 5.92 Å². The van der Waals surface area contributed by atoms with Crippen LogP contribution in [0.3, 0.4) is 0 Å². The van der Waals surface area contributed by atoms with Crippen molar-refractivity contribution in [3.8, 4) is 0 Å². The maximum atomic E-state index is 12.3. The number of carbonyl (C=O) groups is 3. The van der Waals surface area contributed by atoms with Crippen LogP contribution in [0.25, 0.3) is 0 Å².